The maximum absolute atomic E-state index is 16.6. The lowest BCUT2D eigenvalue weighted by molar-refractivity contribution is -0.113. The van der Waals surface area contributed by atoms with Gasteiger partial charge in [-0.25, -0.2) is 0 Å². The SMILES string of the molecule is O=C1C(CN(Cc2ccccn2)Cc2ccccn2)=CC(=C(c2cc(CN(Cc3ccccn3)Cc3ccccn3)c(O)c(CN(Cc3ccccn3)Cc3ccccn3)c2)c2cc(CN(Cc3ccccn3)Cc3ccccn3)c(O)c(CN(Cc3ccccn3)Cc3ccccn3)c2)C=C1CN(Cc1ccccn1)Cc1ccccn1. The Balaban J connectivity index is 1.01. The van der Waals surface area contributed by atoms with E-state index in [9.17, 15) is 10.2 Å². The van der Waals surface area contributed by atoms with Crippen LogP contribution in [0.4, 0.5) is 0 Å². The quantitative estimate of drug-likeness (QED) is 0.0366. The van der Waals surface area contributed by atoms with E-state index in [-0.39, 0.29) is 56.6 Å². The van der Waals surface area contributed by atoms with E-state index in [2.05, 4.69) is 65.8 Å². The number of hydrogen-bond donors (Lipinski definition) is 2. The summed E-state index contributed by atoms with van der Waals surface area (Å²) in [6.45, 7) is 6.06. The van der Waals surface area contributed by atoms with Crippen molar-refractivity contribution >= 4 is 11.4 Å². The van der Waals surface area contributed by atoms with E-state index in [0.29, 0.717) is 118 Å². The summed E-state index contributed by atoms with van der Waals surface area (Å²) in [6.07, 6.45) is 25.8. The Morgan fingerprint density at radius 1 is 0.220 bits per heavy atom. The lowest BCUT2D eigenvalue weighted by atomic mass is 9.83. The smallest absolute Gasteiger partial charge is 0.187 e. The molecule has 0 atom stereocenters. The first-order valence-electron chi connectivity index (χ1n) is 39.7. The summed E-state index contributed by atoms with van der Waals surface area (Å²) in [5, 5.41) is 27.5. The number of aromatic nitrogens is 12. The fraction of sp³-hybridized carbons (Fsp3) is 0.186. The van der Waals surface area contributed by atoms with Crippen LogP contribution in [-0.4, -0.2) is 118 Å². The third kappa shape index (κ3) is 22.9. The monoisotopic (exact) mass is 1560 g/mol. The normalized spacial score (nSPS) is 12.3. The number of allylic oxidation sites excluding steroid dienone is 3. The lowest BCUT2D eigenvalue weighted by Gasteiger charge is -2.29. The van der Waals surface area contributed by atoms with Gasteiger partial charge in [0.2, 0.25) is 0 Å². The van der Waals surface area contributed by atoms with Crippen LogP contribution in [0.25, 0.3) is 5.57 Å². The van der Waals surface area contributed by atoms with Crippen LogP contribution in [0, 0.1) is 0 Å². The Morgan fingerprint density at radius 2 is 0.381 bits per heavy atom. The molecular formula is C97H92N18O3. The number of pyridine rings is 12. The minimum Gasteiger partial charge on any atom is -0.507 e. The molecule has 0 saturated carbocycles. The highest BCUT2D eigenvalue weighted by atomic mass is 16.3. The van der Waals surface area contributed by atoms with E-state index in [1.165, 1.54) is 0 Å². The van der Waals surface area contributed by atoms with Crippen molar-refractivity contribution < 1.29 is 15.0 Å². The van der Waals surface area contributed by atoms with Gasteiger partial charge < -0.3 is 10.2 Å². The summed E-state index contributed by atoms with van der Waals surface area (Å²) < 4.78 is 0. The fourth-order valence-electron chi connectivity index (χ4n) is 15.0. The molecule has 12 heterocycles. The molecule has 1 aliphatic rings. The second-order valence-electron chi connectivity index (χ2n) is 29.5. The predicted octanol–water partition coefficient (Wildman–Crippen LogP) is 15.3. The van der Waals surface area contributed by atoms with Crippen molar-refractivity contribution in [1.29, 1.82) is 0 Å². The molecule has 15 rings (SSSR count). The molecule has 21 nitrogen and oxygen atoms in total. The molecule has 2 N–H and O–H groups in total. The first kappa shape index (κ1) is 79.7. The molecule has 588 valence electrons. The topological polar surface area (TPSA) is 232 Å². The Bertz CT molecular complexity index is 4780. The molecule has 0 unspecified atom stereocenters. The van der Waals surface area contributed by atoms with Gasteiger partial charge >= 0.3 is 0 Å². The van der Waals surface area contributed by atoms with Crippen LogP contribution in [0.15, 0.2) is 346 Å². The second kappa shape index (κ2) is 40.7. The van der Waals surface area contributed by atoms with Crippen molar-refractivity contribution in [1.82, 2.24) is 89.2 Å². The Morgan fingerprint density at radius 3 is 0.534 bits per heavy atom. The van der Waals surface area contributed by atoms with E-state index < -0.39 is 0 Å². The van der Waals surface area contributed by atoms with Crippen molar-refractivity contribution in [3.63, 3.8) is 0 Å². The summed E-state index contributed by atoms with van der Waals surface area (Å²) >= 11 is 0. The van der Waals surface area contributed by atoms with Gasteiger partial charge in [0.25, 0.3) is 0 Å². The van der Waals surface area contributed by atoms with Crippen LogP contribution in [-0.2, 0) is 110 Å². The number of phenols is 2. The molecule has 0 amide bonds. The zero-order chi connectivity index (χ0) is 80.3. The number of carbonyl (C=O) groups excluding carboxylic acids is 1. The van der Waals surface area contributed by atoms with Gasteiger partial charge in [-0.2, -0.15) is 0 Å². The molecule has 14 aromatic rings. The number of carbonyl (C=O) groups is 1. The van der Waals surface area contributed by atoms with Crippen LogP contribution in [0.1, 0.15) is 102 Å². The number of rotatable bonds is 38. The summed E-state index contributed by atoms with van der Waals surface area (Å²) in [6, 6.07) is 79.4. The molecule has 118 heavy (non-hydrogen) atoms. The molecular weight excluding hydrogens is 1470 g/mol. The molecule has 0 bridgehead atoms. The summed E-state index contributed by atoms with van der Waals surface area (Å²) in [5.74, 6) is 0.0636. The van der Waals surface area contributed by atoms with Crippen LogP contribution in [0.5, 0.6) is 11.5 Å². The molecule has 12 aromatic heterocycles. The predicted molar refractivity (Wildman–Crippen MR) is 454 cm³/mol. The summed E-state index contributed by atoms with van der Waals surface area (Å²) in [5.41, 5.74) is 16.4. The molecule has 0 radical (unpaired) electrons. The van der Waals surface area contributed by atoms with Crippen LogP contribution in [0.2, 0.25) is 0 Å². The van der Waals surface area contributed by atoms with Gasteiger partial charge in [-0.15, -0.1) is 0 Å². The molecule has 1 aliphatic carbocycles. The minimum atomic E-state index is -0.139. The zero-order valence-electron chi connectivity index (χ0n) is 65.8. The van der Waals surface area contributed by atoms with Crippen molar-refractivity contribution in [3.05, 3.63) is 448 Å². The van der Waals surface area contributed by atoms with E-state index in [1.54, 1.807) is 74.4 Å². The average Bonchev–Trinajstić information content (AvgIpc) is 0.760. The Kier molecular flexibility index (Phi) is 27.5. The van der Waals surface area contributed by atoms with Gasteiger partial charge in [0.1, 0.15) is 11.5 Å². The van der Waals surface area contributed by atoms with E-state index in [1.807, 2.05) is 218 Å². The standard InChI is InChI=1S/C97H92N18O3/c116-95-76(55-110(61-82-25-1-13-37-98-82)62-83-26-2-14-38-99-83)49-73(50-77(95)56-111(63-84-27-3-15-39-100-84)64-85-28-4-16-40-101-85)94(74-51-78(57-112(65-86-29-5-17-41-102-86)66-87-30-6-18-42-103-87)96(117)79(52-74)58-113(67-88-31-7-19-43-104-88)68-89-32-8-20-44-105-89)75-53-80(59-114(69-90-33-9-21-45-106-90)70-91-34-10-22-46-107-91)97(118)81(54-75)60-115(71-92-35-11-23-47-108-92)72-93-36-12-24-48-109-93/h1-54,116-117H,55-72H2. The van der Waals surface area contributed by atoms with Gasteiger partial charge in [0.15, 0.2) is 5.78 Å². The van der Waals surface area contributed by atoms with Crippen molar-refractivity contribution in [3.8, 4) is 11.5 Å². The average molecular weight is 1560 g/mol. The molecule has 21 heteroatoms. The number of hydrogen-bond acceptors (Lipinski definition) is 21. The highest BCUT2D eigenvalue weighted by Gasteiger charge is 2.31. The van der Waals surface area contributed by atoms with Gasteiger partial charge in [-0.05, 0) is 204 Å². The maximum atomic E-state index is 16.6. The van der Waals surface area contributed by atoms with Crippen molar-refractivity contribution in [2.75, 3.05) is 13.1 Å². The largest absolute Gasteiger partial charge is 0.507 e. The molecule has 0 saturated heterocycles. The van der Waals surface area contributed by atoms with Gasteiger partial charge in [-0.1, -0.05) is 72.8 Å². The number of nitrogens with zero attached hydrogens (tertiary/aromatic N) is 18. The Hall–Kier alpha value is -13.5. The number of phenolic OH excluding ortho intramolecular Hbond substituents is 2. The van der Waals surface area contributed by atoms with Gasteiger partial charge in [0, 0.05) is 226 Å². The first-order chi connectivity index (χ1) is 58.1. The maximum Gasteiger partial charge on any atom is 0.187 e. The number of benzene rings is 2. The molecule has 2 aromatic carbocycles. The van der Waals surface area contributed by atoms with E-state index >= 15 is 4.79 Å². The fourth-order valence-corrected chi connectivity index (χ4v) is 15.0. The highest BCUT2D eigenvalue weighted by Crippen LogP contribution is 2.41. The minimum absolute atomic E-state index is 0.101. The first-order valence-corrected chi connectivity index (χ1v) is 39.7. The van der Waals surface area contributed by atoms with Gasteiger partial charge in [0.05, 0.1) is 68.3 Å². The number of ketones is 1. The van der Waals surface area contributed by atoms with Crippen LogP contribution >= 0.6 is 0 Å². The van der Waals surface area contributed by atoms with Crippen LogP contribution < -0.4 is 0 Å². The second-order valence-corrected chi connectivity index (χ2v) is 29.5. The lowest BCUT2D eigenvalue weighted by Crippen LogP contribution is -2.33. The third-order valence-corrected chi connectivity index (χ3v) is 20.3. The molecule has 0 fully saturated rings. The molecule has 0 spiro atoms. The summed E-state index contributed by atoms with van der Waals surface area (Å²) in [4.78, 5) is 88.5. The van der Waals surface area contributed by atoms with Gasteiger partial charge in [-0.3, -0.25) is 94.0 Å². The Labute approximate surface area is 688 Å². The molecule has 0 aliphatic heterocycles. The summed E-state index contributed by atoms with van der Waals surface area (Å²) in [7, 11) is 0. The number of aromatic hydroxyl groups is 2. The van der Waals surface area contributed by atoms with E-state index in [4.69, 9.17) is 59.8 Å². The highest BCUT2D eigenvalue weighted by molar-refractivity contribution is 6.12. The zero-order valence-corrected chi connectivity index (χ0v) is 65.8. The van der Waals surface area contributed by atoms with Crippen LogP contribution in [0.3, 0.4) is 0 Å². The van der Waals surface area contributed by atoms with Crippen molar-refractivity contribution in [2.45, 2.75) is 105 Å². The third-order valence-electron chi connectivity index (χ3n) is 20.3. The van der Waals surface area contributed by atoms with E-state index in [0.717, 1.165) is 85.0 Å². The van der Waals surface area contributed by atoms with Crippen molar-refractivity contribution in [2.24, 2.45) is 0 Å². The number of Topliss-reactive ketones (excluding diaryl/α,β-unsaturated/α-hetero) is 1.